The molecule has 16 heteroatoms. The van der Waals surface area contributed by atoms with Crippen molar-refractivity contribution >= 4 is 43.7 Å². The maximum Gasteiger partial charge on any atom is 0.303 e. The molecule has 0 aromatic heterocycles. The van der Waals surface area contributed by atoms with Crippen molar-refractivity contribution in [1.82, 2.24) is 0 Å². The van der Waals surface area contributed by atoms with E-state index in [1.807, 2.05) is 0 Å². The monoisotopic (exact) mass is 662 g/mol. The number of esters is 2. The first-order chi connectivity index (χ1) is 19.9. The Morgan fingerprint density at radius 1 is 1.07 bits per heavy atom. The molecule has 1 N–H and O–H groups in total. The summed E-state index contributed by atoms with van der Waals surface area (Å²) in [6.45, 7) is 7.87. The minimum Gasteiger partial charge on any atom is -0.458 e. The van der Waals surface area contributed by atoms with Gasteiger partial charge in [-0.25, -0.2) is 4.39 Å². The molecule has 4 aliphatic rings. The molecular weight excluding hydrogens is 627 g/mol. The molecule has 3 saturated carbocycles. The highest BCUT2D eigenvalue weighted by Gasteiger charge is 2.80. The van der Waals surface area contributed by atoms with Gasteiger partial charge in [-0.15, -0.1) is 0 Å². The average Bonchev–Trinajstić information content (AvgIpc) is 3.06. The van der Waals surface area contributed by atoms with Crippen molar-refractivity contribution in [3.05, 3.63) is 36.0 Å². The van der Waals surface area contributed by atoms with E-state index in [0.29, 0.717) is 12.5 Å². The summed E-state index contributed by atoms with van der Waals surface area (Å²) >= 11 is 0. The van der Waals surface area contributed by atoms with Crippen LogP contribution in [-0.2, 0) is 57.3 Å². The number of carbonyl (C=O) groups excluding carboxylic acids is 4. The molecule has 9 atom stereocenters. The number of hydrogen-bond donors (Lipinski definition) is 1. The van der Waals surface area contributed by atoms with E-state index in [0.717, 1.165) is 32.1 Å². The maximum absolute atomic E-state index is 18.2. The zero-order valence-electron chi connectivity index (χ0n) is 25.0. The van der Waals surface area contributed by atoms with Gasteiger partial charge in [0.15, 0.2) is 23.7 Å². The summed E-state index contributed by atoms with van der Waals surface area (Å²) in [5.74, 6) is -6.37. The van der Waals surface area contributed by atoms with Crippen LogP contribution in [0.5, 0.6) is 0 Å². The standard InChI is InChI=1S/C28H35FO13S2/c1-14-10-18-22-24(42-44(7,37)38)23(41-43(6,35)36)19-11-17(32)8-9-25(19,4)27(22,29)20(33)12-26(18,5)28(14,40-16(3)31)21(34)13-39-15(2)30/h8-9,11,18,20,22-24,33H,1,10,12-13H2,2-7H3/t18-,20-,22+,23-,24+,25-,26-,27+,28+/m0/s1. The molecule has 0 unspecified atom stereocenters. The fourth-order valence-corrected chi connectivity index (χ4v) is 9.20. The van der Waals surface area contributed by atoms with Crippen LogP contribution in [0.25, 0.3) is 0 Å². The van der Waals surface area contributed by atoms with E-state index in [2.05, 4.69) is 6.58 Å². The fraction of sp³-hybridized carbons (Fsp3) is 0.643. The van der Waals surface area contributed by atoms with Crippen molar-refractivity contribution < 1.29 is 63.4 Å². The Bertz CT molecular complexity index is 1610. The summed E-state index contributed by atoms with van der Waals surface area (Å²) in [4.78, 5) is 50.4. The number of aliphatic hydroxyl groups excluding tert-OH is 1. The molecule has 0 heterocycles. The second-order valence-corrected chi connectivity index (χ2v) is 15.5. The largest absolute Gasteiger partial charge is 0.458 e. The van der Waals surface area contributed by atoms with Gasteiger partial charge in [-0.1, -0.05) is 19.6 Å². The van der Waals surface area contributed by atoms with Crippen LogP contribution in [0.2, 0.25) is 0 Å². The summed E-state index contributed by atoms with van der Waals surface area (Å²) < 4.78 is 89.7. The molecule has 0 radical (unpaired) electrons. The van der Waals surface area contributed by atoms with Crippen LogP contribution in [-0.4, -0.2) is 94.1 Å². The lowest BCUT2D eigenvalue weighted by Gasteiger charge is -2.64. The van der Waals surface area contributed by atoms with Gasteiger partial charge in [-0.3, -0.25) is 27.5 Å². The van der Waals surface area contributed by atoms with Crippen LogP contribution < -0.4 is 0 Å². The lowest BCUT2D eigenvalue weighted by molar-refractivity contribution is -0.247. The van der Waals surface area contributed by atoms with Gasteiger partial charge in [0.25, 0.3) is 20.2 Å². The molecule has 0 amide bonds. The number of Topliss-reactive ketones (excluding diaryl/α,β-unsaturated/α-hetero) is 1. The van der Waals surface area contributed by atoms with Gasteiger partial charge in [0.05, 0.1) is 18.6 Å². The first kappa shape index (κ1) is 34.1. The molecular formula is C28H35FO13S2. The molecule has 44 heavy (non-hydrogen) atoms. The van der Waals surface area contributed by atoms with Crippen molar-refractivity contribution in [2.24, 2.45) is 22.7 Å². The van der Waals surface area contributed by atoms with Crippen LogP contribution in [0.15, 0.2) is 36.0 Å². The summed E-state index contributed by atoms with van der Waals surface area (Å²) in [5, 5.41) is 11.8. The summed E-state index contributed by atoms with van der Waals surface area (Å²) in [6, 6.07) is 0. The zero-order valence-corrected chi connectivity index (χ0v) is 26.6. The Morgan fingerprint density at radius 2 is 1.66 bits per heavy atom. The van der Waals surface area contributed by atoms with Gasteiger partial charge in [-0.05, 0) is 49.0 Å². The number of alkyl halides is 1. The molecule has 0 aromatic carbocycles. The highest BCUT2D eigenvalue weighted by atomic mass is 32.2. The molecule has 4 aliphatic carbocycles. The van der Waals surface area contributed by atoms with E-state index in [1.165, 1.54) is 13.8 Å². The number of aliphatic hydroxyl groups is 1. The number of halogens is 1. The maximum atomic E-state index is 18.2. The van der Waals surface area contributed by atoms with Crippen LogP contribution in [0, 0.1) is 22.7 Å². The highest BCUT2D eigenvalue weighted by Crippen LogP contribution is 2.72. The summed E-state index contributed by atoms with van der Waals surface area (Å²) in [6.07, 6.45) is -2.33. The van der Waals surface area contributed by atoms with E-state index < -0.39 is 109 Å². The summed E-state index contributed by atoms with van der Waals surface area (Å²) in [5.41, 5.74) is -9.15. The van der Waals surface area contributed by atoms with Gasteiger partial charge >= 0.3 is 11.9 Å². The van der Waals surface area contributed by atoms with E-state index >= 15 is 4.39 Å². The van der Waals surface area contributed by atoms with Crippen LogP contribution in [0.1, 0.15) is 40.5 Å². The Hall–Kier alpha value is -2.79. The Kier molecular flexibility index (Phi) is 8.25. The molecule has 0 bridgehead atoms. The first-order valence-corrected chi connectivity index (χ1v) is 17.2. The molecule has 3 fully saturated rings. The minimum atomic E-state index is -4.51. The van der Waals surface area contributed by atoms with Gasteiger partial charge in [0.1, 0.15) is 12.2 Å². The highest BCUT2D eigenvalue weighted by molar-refractivity contribution is 7.86. The number of ether oxygens (including phenoxy) is 2. The first-order valence-electron chi connectivity index (χ1n) is 13.6. The van der Waals surface area contributed by atoms with Gasteiger partial charge in [0.2, 0.25) is 5.78 Å². The molecule has 0 saturated heterocycles. The molecule has 0 spiro atoms. The second-order valence-electron chi connectivity index (χ2n) is 12.3. The lowest BCUT2D eigenvalue weighted by Crippen LogP contribution is -2.75. The molecule has 13 nitrogen and oxygen atoms in total. The van der Waals surface area contributed by atoms with Gasteiger partial charge < -0.3 is 14.6 Å². The molecule has 0 aromatic rings. The van der Waals surface area contributed by atoms with Crippen LogP contribution >= 0.6 is 0 Å². The van der Waals surface area contributed by atoms with Crippen LogP contribution in [0.3, 0.4) is 0 Å². The van der Waals surface area contributed by atoms with E-state index in [1.54, 1.807) is 0 Å². The van der Waals surface area contributed by atoms with Crippen molar-refractivity contribution in [2.45, 2.75) is 70.1 Å². The molecule has 4 rings (SSSR count). The molecule has 244 valence electrons. The smallest absolute Gasteiger partial charge is 0.303 e. The number of ketones is 2. The topological polar surface area (TPSA) is 194 Å². The van der Waals surface area contributed by atoms with Crippen LogP contribution in [0.4, 0.5) is 4.39 Å². The number of hydrogen-bond acceptors (Lipinski definition) is 13. The fourth-order valence-electron chi connectivity index (χ4n) is 7.98. The van der Waals surface area contributed by atoms with Crippen molar-refractivity contribution in [1.29, 1.82) is 0 Å². The number of fused-ring (bicyclic) bond motifs is 5. The molecule has 0 aliphatic heterocycles. The Balaban J connectivity index is 2.05. The Morgan fingerprint density at radius 3 is 2.18 bits per heavy atom. The third kappa shape index (κ3) is 5.07. The summed E-state index contributed by atoms with van der Waals surface area (Å²) in [7, 11) is -8.93. The van der Waals surface area contributed by atoms with E-state index in [4.69, 9.17) is 17.8 Å². The zero-order chi connectivity index (χ0) is 33.4. The van der Waals surface area contributed by atoms with Crippen molar-refractivity contribution in [2.75, 3.05) is 19.1 Å². The van der Waals surface area contributed by atoms with E-state index in [-0.39, 0.29) is 17.6 Å². The number of rotatable bonds is 8. The van der Waals surface area contributed by atoms with E-state index in [9.17, 15) is 41.1 Å². The second kappa shape index (κ2) is 10.6. The predicted octanol–water partition coefficient (Wildman–Crippen LogP) is 0.867. The van der Waals surface area contributed by atoms with Crippen molar-refractivity contribution in [3.63, 3.8) is 0 Å². The lowest BCUT2D eigenvalue weighted by atomic mass is 9.43. The SMILES string of the molecule is C=C1C[C@H]2[C@@H]3[C@@H](OS(C)(=O)=O)[C@@H](OS(C)(=O)=O)C4=CC(=O)C=C[C@]4(C)[C@@]3(F)[C@@H](O)C[C@]2(C)[C@]1(OC(C)=O)C(=O)COC(C)=O. The third-order valence-corrected chi connectivity index (χ3v) is 10.6. The number of carbonyl (C=O) groups is 4. The third-order valence-electron chi connectivity index (χ3n) is 9.50. The predicted molar refractivity (Wildman–Crippen MR) is 149 cm³/mol. The van der Waals surface area contributed by atoms with Gasteiger partial charge in [-0.2, -0.15) is 16.8 Å². The Labute approximate surface area is 254 Å². The number of allylic oxidation sites excluding steroid dienone is 3. The normalized spacial score (nSPS) is 39.9. The minimum absolute atomic E-state index is 0.0478. The van der Waals surface area contributed by atoms with Crippen molar-refractivity contribution in [3.8, 4) is 0 Å². The average molecular weight is 663 g/mol. The quantitative estimate of drug-likeness (QED) is 0.219. The van der Waals surface area contributed by atoms with Gasteiger partial charge in [0, 0.05) is 30.6 Å².